The molecule has 0 radical (unpaired) electrons. The molecule has 1 aliphatic heterocycles. The minimum atomic E-state index is -3.23. The molecule has 1 saturated heterocycles. The molecule has 1 amide bonds. The fraction of sp³-hybridized carbons (Fsp3) is 0.444. The topological polar surface area (TPSA) is 79.4 Å². The summed E-state index contributed by atoms with van der Waals surface area (Å²) in [5.41, 5.74) is 3.18. The third kappa shape index (κ3) is 3.99. The van der Waals surface area contributed by atoms with Gasteiger partial charge in [0.25, 0.3) is 5.91 Å². The first kappa shape index (κ1) is 17.8. The Bertz CT molecular complexity index is 925. The number of piperidine rings is 1. The van der Waals surface area contributed by atoms with E-state index in [4.69, 9.17) is 0 Å². The van der Waals surface area contributed by atoms with E-state index in [-0.39, 0.29) is 11.9 Å². The van der Waals surface area contributed by atoms with Gasteiger partial charge in [-0.2, -0.15) is 0 Å². The molecule has 0 saturated carbocycles. The van der Waals surface area contributed by atoms with Crippen molar-refractivity contribution in [2.24, 2.45) is 0 Å². The number of nitrogens with zero attached hydrogens (tertiary/aromatic N) is 2. The molecule has 134 valence electrons. The molecule has 1 N–H and O–H groups in total. The van der Waals surface area contributed by atoms with Crippen LogP contribution in [0.25, 0.3) is 10.9 Å². The van der Waals surface area contributed by atoms with Crippen molar-refractivity contribution < 1.29 is 13.2 Å². The van der Waals surface area contributed by atoms with Crippen LogP contribution < -0.4 is 5.32 Å². The summed E-state index contributed by atoms with van der Waals surface area (Å²) in [6, 6.07) is 7.63. The van der Waals surface area contributed by atoms with Crippen LogP contribution >= 0.6 is 0 Å². The second kappa shape index (κ2) is 6.72. The smallest absolute Gasteiger partial charge is 0.253 e. The highest BCUT2D eigenvalue weighted by Crippen LogP contribution is 2.19. The number of rotatable bonds is 3. The van der Waals surface area contributed by atoms with Gasteiger partial charge in [0.1, 0.15) is 0 Å². The van der Waals surface area contributed by atoms with Gasteiger partial charge in [0, 0.05) is 24.5 Å². The van der Waals surface area contributed by atoms with E-state index in [1.165, 1.54) is 10.6 Å². The van der Waals surface area contributed by atoms with Gasteiger partial charge in [-0.25, -0.2) is 12.7 Å². The summed E-state index contributed by atoms with van der Waals surface area (Å²) >= 11 is 0. The van der Waals surface area contributed by atoms with Crippen molar-refractivity contribution in [2.75, 3.05) is 19.3 Å². The Morgan fingerprint density at radius 1 is 1.28 bits per heavy atom. The van der Waals surface area contributed by atoms with Crippen LogP contribution in [0, 0.1) is 13.8 Å². The van der Waals surface area contributed by atoms with Crippen molar-refractivity contribution in [3.05, 3.63) is 41.1 Å². The van der Waals surface area contributed by atoms with Crippen molar-refractivity contribution in [1.29, 1.82) is 0 Å². The number of carbonyl (C=O) groups excluding carboxylic acids is 1. The van der Waals surface area contributed by atoms with Gasteiger partial charge in [0.15, 0.2) is 0 Å². The van der Waals surface area contributed by atoms with Gasteiger partial charge < -0.3 is 5.32 Å². The summed E-state index contributed by atoms with van der Waals surface area (Å²) < 4.78 is 24.9. The zero-order chi connectivity index (χ0) is 18.2. The first-order valence-corrected chi connectivity index (χ1v) is 10.2. The molecule has 2 heterocycles. The van der Waals surface area contributed by atoms with E-state index in [1.54, 1.807) is 0 Å². The summed E-state index contributed by atoms with van der Waals surface area (Å²) in [4.78, 5) is 17.2. The summed E-state index contributed by atoms with van der Waals surface area (Å²) in [5.74, 6) is -0.200. The number of hydrogen-bond donors (Lipinski definition) is 1. The van der Waals surface area contributed by atoms with Crippen LogP contribution in [0.15, 0.2) is 24.3 Å². The number of fused-ring (bicyclic) bond motifs is 1. The Balaban J connectivity index is 1.81. The Morgan fingerprint density at radius 2 is 2.04 bits per heavy atom. The average Bonchev–Trinajstić information content (AvgIpc) is 2.54. The summed E-state index contributed by atoms with van der Waals surface area (Å²) in [6.45, 7) is 4.66. The highest BCUT2D eigenvalue weighted by Gasteiger charge is 2.27. The highest BCUT2D eigenvalue weighted by molar-refractivity contribution is 7.88. The maximum Gasteiger partial charge on any atom is 0.253 e. The van der Waals surface area contributed by atoms with E-state index in [0.717, 1.165) is 29.3 Å². The van der Waals surface area contributed by atoms with E-state index in [1.807, 2.05) is 38.1 Å². The fourth-order valence-corrected chi connectivity index (χ4v) is 4.16. The minimum Gasteiger partial charge on any atom is -0.348 e. The summed E-state index contributed by atoms with van der Waals surface area (Å²) in [7, 11) is -3.23. The maximum atomic E-state index is 12.7. The molecule has 1 atom stereocenters. The number of aryl methyl sites for hydroxylation is 2. The van der Waals surface area contributed by atoms with Crippen LogP contribution in [0.3, 0.4) is 0 Å². The standard InChI is InChI=1S/C18H23N3O3S/c1-12-6-7-17-14(9-12)10-16(13(2)19-17)18(22)20-15-5-4-8-21(11-15)25(3,23)24/h6-7,9-10,15H,4-5,8,11H2,1-3H3,(H,20,22). The first-order chi connectivity index (χ1) is 11.7. The Kier molecular flexibility index (Phi) is 4.79. The molecule has 0 aliphatic carbocycles. The molecule has 25 heavy (non-hydrogen) atoms. The largest absolute Gasteiger partial charge is 0.348 e. The second-order valence-corrected chi connectivity index (χ2v) is 8.73. The van der Waals surface area contributed by atoms with Crippen LogP contribution in [-0.2, 0) is 10.0 Å². The molecule has 1 aliphatic rings. The number of hydrogen-bond acceptors (Lipinski definition) is 4. The van der Waals surface area contributed by atoms with E-state index < -0.39 is 10.0 Å². The van der Waals surface area contributed by atoms with Crippen LogP contribution in [0.5, 0.6) is 0 Å². The number of nitrogens with one attached hydrogen (secondary N) is 1. The van der Waals surface area contributed by atoms with Crippen LogP contribution in [0.4, 0.5) is 0 Å². The van der Waals surface area contributed by atoms with E-state index in [9.17, 15) is 13.2 Å². The number of sulfonamides is 1. The molecule has 1 aromatic carbocycles. The van der Waals surface area contributed by atoms with Crippen LogP contribution in [0.2, 0.25) is 0 Å². The monoisotopic (exact) mass is 361 g/mol. The Morgan fingerprint density at radius 3 is 2.76 bits per heavy atom. The normalized spacial score (nSPS) is 19.1. The van der Waals surface area contributed by atoms with Crippen molar-refractivity contribution in [3.8, 4) is 0 Å². The molecule has 6 nitrogen and oxygen atoms in total. The second-order valence-electron chi connectivity index (χ2n) is 6.75. The number of benzene rings is 1. The van der Waals surface area contributed by atoms with Crippen molar-refractivity contribution in [1.82, 2.24) is 14.6 Å². The predicted molar refractivity (Wildman–Crippen MR) is 98.1 cm³/mol. The lowest BCUT2D eigenvalue weighted by atomic mass is 10.0. The molecule has 0 spiro atoms. The molecular weight excluding hydrogens is 338 g/mol. The van der Waals surface area contributed by atoms with E-state index in [0.29, 0.717) is 24.3 Å². The molecule has 0 bridgehead atoms. The molecular formula is C18H23N3O3S. The summed E-state index contributed by atoms with van der Waals surface area (Å²) in [5, 5.41) is 3.90. The lowest BCUT2D eigenvalue weighted by Gasteiger charge is -2.31. The molecule has 2 aromatic rings. The summed E-state index contributed by atoms with van der Waals surface area (Å²) in [6.07, 6.45) is 2.72. The fourth-order valence-electron chi connectivity index (χ4n) is 3.25. The SMILES string of the molecule is Cc1ccc2nc(C)c(C(=O)NC3CCCN(S(C)(=O)=O)C3)cc2c1. The van der Waals surface area contributed by atoms with Gasteiger partial charge in [-0.1, -0.05) is 11.6 Å². The average molecular weight is 361 g/mol. The van der Waals surface area contributed by atoms with Gasteiger partial charge in [-0.3, -0.25) is 9.78 Å². The van der Waals surface area contributed by atoms with E-state index in [2.05, 4.69) is 10.3 Å². The lowest BCUT2D eigenvalue weighted by Crippen LogP contribution is -2.49. The quantitative estimate of drug-likeness (QED) is 0.907. The molecule has 3 rings (SSSR count). The Labute approximate surface area is 148 Å². The first-order valence-electron chi connectivity index (χ1n) is 8.38. The van der Waals surface area contributed by atoms with E-state index >= 15 is 0 Å². The molecule has 1 unspecified atom stereocenters. The highest BCUT2D eigenvalue weighted by atomic mass is 32.2. The van der Waals surface area contributed by atoms with Crippen molar-refractivity contribution in [3.63, 3.8) is 0 Å². The van der Waals surface area contributed by atoms with Gasteiger partial charge >= 0.3 is 0 Å². The van der Waals surface area contributed by atoms with Gasteiger partial charge in [-0.05, 0) is 44.9 Å². The van der Waals surface area contributed by atoms with Gasteiger partial charge in [0.05, 0.1) is 23.0 Å². The number of pyridine rings is 1. The van der Waals surface area contributed by atoms with Crippen molar-refractivity contribution in [2.45, 2.75) is 32.7 Å². The number of carbonyl (C=O) groups is 1. The molecule has 1 fully saturated rings. The van der Waals surface area contributed by atoms with Crippen molar-refractivity contribution >= 4 is 26.8 Å². The zero-order valence-corrected chi connectivity index (χ0v) is 15.6. The minimum absolute atomic E-state index is 0.177. The third-order valence-corrected chi connectivity index (χ3v) is 5.86. The lowest BCUT2D eigenvalue weighted by molar-refractivity contribution is 0.0920. The van der Waals surface area contributed by atoms with Gasteiger partial charge in [-0.15, -0.1) is 0 Å². The maximum absolute atomic E-state index is 12.7. The zero-order valence-electron chi connectivity index (χ0n) is 14.7. The number of aromatic nitrogens is 1. The van der Waals surface area contributed by atoms with Crippen LogP contribution in [0.1, 0.15) is 34.5 Å². The van der Waals surface area contributed by atoms with Crippen LogP contribution in [-0.4, -0.2) is 49.0 Å². The Hall–Kier alpha value is -1.99. The molecule has 1 aromatic heterocycles. The molecule has 7 heteroatoms. The number of amides is 1. The van der Waals surface area contributed by atoms with Gasteiger partial charge in [0.2, 0.25) is 10.0 Å². The third-order valence-electron chi connectivity index (χ3n) is 4.59. The predicted octanol–water partition coefficient (Wildman–Crippen LogP) is 2.01.